The number of pyridine rings is 1. The van der Waals surface area contributed by atoms with E-state index in [9.17, 15) is 13.2 Å². The Morgan fingerprint density at radius 1 is 1.12 bits per heavy atom. The zero-order chi connectivity index (χ0) is 23.7. The third-order valence-electron chi connectivity index (χ3n) is 7.83. The molecule has 188 valence electrons. The van der Waals surface area contributed by atoms with E-state index < -0.39 is 21.3 Å². The molecule has 5 aliphatic rings. The third kappa shape index (κ3) is 4.96. The minimum Gasteiger partial charge on any atom is -0.467 e. The lowest BCUT2D eigenvalue weighted by Crippen LogP contribution is -2.60. The van der Waals surface area contributed by atoms with Crippen molar-refractivity contribution in [2.45, 2.75) is 81.2 Å². The summed E-state index contributed by atoms with van der Waals surface area (Å²) in [7, 11) is -3.55. The van der Waals surface area contributed by atoms with Gasteiger partial charge in [-0.25, -0.2) is 18.1 Å². The lowest BCUT2D eigenvalue weighted by Gasteiger charge is -2.42. The molecule has 10 heteroatoms. The van der Waals surface area contributed by atoms with E-state index in [4.69, 9.17) is 14.2 Å². The Balaban J connectivity index is 1.40. The Bertz CT molecular complexity index is 988. The summed E-state index contributed by atoms with van der Waals surface area (Å²) in [5.74, 6) is 0.724. The second-order valence-corrected chi connectivity index (χ2v) is 12.0. The molecule has 0 radical (unpaired) electrons. The molecule has 34 heavy (non-hydrogen) atoms. The standard InChI is InChI=1S/C24H35N3O6S/c1-16-8-10-25-24-23(16)17-4-6-18(7-5-17)32-14-21-20(3-2-11-27(21)22(28)15-33-24)26-34(29,30)19-9-12-31-13-19/h8,10,17-21,26H,2-7,9,11-15H2,1H3/t17?,18?,19?,20?,21-/m0/s1. The van der Waals surface area contributed by atoms with Gasteiger partial charge in [-0.15, -0.1) is 0 Å². The summed E-state index contributed by atoms with van der Waals surface area (Å²) < 4.78 is 46.6. The maximum absolute atomic E-state index is 13.3. The maximum atomic E-state index is 13.3. The first-order valence-electron chi connectivity index (χ1n) is 12.5. The van der Waals surface area contributed by atoms with E-state index in [1.165, 1.54) is 0 Å². The fourth-order valence-corrected chi connectivity index (χ4v) is 7.47. The van der Waals surface area contributed by atoms with Gasteiger partial charge in [0.05, 0.1) is 25.4 Å². The van der Waals surface area contributed by atoms with Crippen LogP contribution >= 0.6 is 0 Å². The van der Waals surface area contributed by atoms with E-state index in [0.717, 1.165) is 43.2 Å². The number of rotatable bonds is 3. The van der Waals surface area contributed by atoms with Crippen LogP contribution in [0.5, 0.6) is 5.88 Å². The second-order valence-electron chi connectivity index (χ2n) is 9.99. The van der Waals surface area contributed by atoms with E-state index in [1.807, 2.05) is 6.07 Å². The zero-order valence-corrected chi connectivity index (χ0v) is 20.6. The summed E-state index contributed by atoms with van der Waals surface area (Å²) in [4.78, 5) is 19.5. The molecular formula is C24H35N3O6S. The summed E-state index contributed by atoms with van der Waals surface area (Å²) in [6.07, 6.45) is 7.53. The van der Waals surface area contributed by atoms with Crippen molar-refractivity contribution in [3.63, 3.8) is 0 Å². The highest BCUT2D eigenvalue weighted by Gasteiger charge is 2.40. The summed E-state index contributed by atoms with van der Waals surface area (Å²) in [6, 6.07) is 1.24. The lowest BCUT2D eigenvalue weighted by atomic mass is 9.81. The number of hydrogen-bond acceptors (Lipinski definition) is 7. The van der Waals surface area contributed by atoms with E-state index in [-0.39, 0.29) is 31.3 Å². The molecule has 3 atom stereocenters. The minimum absolute atomic E-state index is 0.109. The van der Waals surface area contributed by atoms with Crippen LogP contribution in [0.4, 0.5) is 0 Å². The average molecular weight is 494 g/mol. The topological polar surface area (TPSA) is 107 Å². The number of amides is 1. The number of carbonyl (C=O) groups is 1. The molecule has 1 aromatic heterocycles. The summed E-state index contributed by atoms with van der Waals surface area (Å²) in [5.41, 5.74) is 2.24. The maximum Gasteiger partial charge on any atom is 0.260 e. The number of sulfonamides is 1. The van der Waals surface area contributed by atoms with Crippen molar-refractivity contribution < 1.29 is 27.4 Å². The van der Waals surface area contributed by atoms with Gasteiger partial charge in [0.1, 0.15) is 5.25 Å². The van der Waals surface area contributed by atoms with Crippen molar-refractivity contribution >= 4 is 15.9 Å². The molecule has 1 aromatic rings. The smallest absolute Gasteiger partial charge is 0.260 e. The number of nitrogens with zero attached hydrogens (tertiary/aromatic N) is 2. The lowest BCUT2D eigenvalue weighted by molar-refractivity contribution is -0.140. The molecule has 5 heterocycles. The van der Waals surface area contributed by atoms with E-state index in [0.29, 0.717) is 44.4 Å². The van der Waals surface area contributed by atoms with Gasteiger partial charge >= 0.3 is 0 Å². The van der Waals surface area contributed by atoms with Gasteiger partial charge in [0, 0.05) is 31.0 Å². The molecule has 9 nitrogen and oxygen atoms in total. The van der Waals surface area contributed by atoms with Crippen LogP contribution in [0.1, 0.15) is 62.0 Å². The van der Waals surface area contributed by atoms with Crippen LogP contribution in [0.3, 0.4) is 0 Å². The largest absolute Gasteiger partial charge is 0.467 e. The Kier molecular flexibility index (Phi) is 7.11. The molecule has 2 saturated heterocycles. The fourth-order valence-electron chi connectivity index (χ4n) is 5.90. The minimum atomic E-state index is -3.55. The van der Waals surface area contributed by atoms with E-state index >= 15 is 0 Å². The molecule has 6 rings (SSSR count). The van der Waals surface area contributed by atoms with Crippen molar-refractivity contribution in [2.75, 3.05) is 33.0 Å². The number of nitrogens with one attached hydrogen (secondary N) is 1. The number of piperidine rings is 1. The number of fused-ring (bicyclic) bond motifs is 5. The van der Waals surface area contributed by atoms with Crippen LogP contribution in [-0.4, -0.2) is 80.6 Å². The first-order valence-corrected chi connectivity index (χ1v) is 14.1. The highest BCUT2D eigenvalue weighted by molar-refractivity contribution is 7.90. The molecule has 1 amide bonds. The van der Waals surface area contributed by atoms with Crippen LogP contribution in [0.2, 0.25) is 0 Å². The number of aromatic nitrogens is 1. The Hall–Kier alpha value is -1.75. The van der Waals surface area contributed by atoms with Gasteiger partial charge in [-0.2, -0.15) is 0 Å². The van der Waals surface area contributed by atoms with Gasteiger partial charge in [-0.3, -0.25) is 4.79 Å². The number of ether oxygens (including phenoxy) is 3. The van der Waals surface area contributed by atoms with Gasteiger partial charge in [-0.1, -0.05) is 0 Å². The van der Waals surface area contributed by atoms with Crippen molar-refractivity contribution in [3.05, 3.63) is 23.4 Å². The number of aryl methyl sites for hydroxylation is 1. The van der Waals surface area contributed by atoms with Crippen LogP contribution < -0.4 is 9.46 Å². The monoisotopic (exact) mass is 493 g/mol. The third-order valence-corrected chi connectivity index (χ3v) is 9.71. The predicted molar refractivity (Wildman–Crippen MR) is 125 cm³/mol. The summed E-state index contributed by atoms with van der Waals surface area (Å²) in [5, 5.41) is -0.543. The van der Waals surface area contributed by atoms with Crippen molar-refractivity contribution in [1.29, 1.82) is 0 Å². The van der Waals surface area contributed by atoms with Crippen LogP contribution in [0, 0.1) is 6.92 Å². The molecule has 2 bridgehead atoms. The van der Waals surface area contributed by atoms with Gasteiger partial charge in [0.2, 0.25) is 15.9 Å². The van der Waals surface area contributed by atoms with Gasteiger partial charge < -0.3 is 19.1 Å². The Morgan fingerprint density at radius 2 is 1.94 bits per heavy atom. The van der Waals surface area contributed by atoms with E-state index in [1.54, 1.807) is 11.1 Å². The molecule has 2 unspecified atom stereocenters. The second kappa shape index (κ2) is 10.1. The predicted octanol–water partition coefficient (Wildman–Crippen LogP) is 1.89. The highest BCUT2D eigenvalue weighted by atomic mass is 32.2. The van der Waals surface area contributed by atoms with Gasteiger partial charge in [0.25, 0.3) is 5.91 Å². The summed E-state index contributed by atoms with van der Waals surface area (Å²) in [6.45, 7) is 3.50. The molecule has 1 saturated carbocycles. The normalized spacial score (nSPS) is 32.7. The Labute approximate surface area is 201 Å². The van der Waals surface area contributed by atoms with E-state index in [2.05, 4.69) is 16.6 Å². The summed E-state index contributed by atoms with van der Waals surface area (Å²) >= 11 is 0. The molecule has 3 fully saturated rings. The first kappa shape index (κ1) is 24.0. The number of carbonyl (C=O) groups excluding carboxylic acids is 1. The van der Waals surface area contributed by atoms with Crippen LogP contribution in [0.25, 0.3) is 0 Å². The SMILES string of the molecule is Cc1ccnc2c1C1CCC(CC1)OC[C@H]1C(NS(=O)(=O)C3CCOC3)CCCN1C(=O)CO2. The van der Waals surface area contributed by atoms with Crippen LogP contribution in [-0.2, 0) is 24.3 Å². The molecule has 4 aliphatic heterocycles. The molecule has 0 aromatic carbocycles. The molecule has 1 N–H and O–H groups in total. The molecule has 1 aliphatic carbocycles. The average Bonchev–Trinajstić information content (AvgIpc) is 3.38. The quantitative estimate of drug-likeness (QED) is 0.685. The number of hydrogen-bond donors (Lipinski definition) is 1. The van der Waals surface area contributed by atoms with Crippen molar-refractivity contribution in [3.8, 4) is 5.88 Å². The fraction of sp³-hybridized carbons (Fsp3) is 0.750. The molecular weight excluding hydrogens is 458 g/mol. The molecule has 0 spiro atoms. The Morgan fingerprint density at radius 3 is 2.71 bits per heavy atom. The first-order chi connectivity index (χ1) is 16.4. The zero-order valence-electron chi connectivity index (χ0n) is 19.8. The van der Waals surface area contributed by atoms with Gasteiger partial charge in [0.15, 0.2) is 6.61 Å². The van der Waals surface area contributed by atoms with Crippen molar-refractivity contribution in [2.24, 2.45) is 0 Å². The van der Waals surface area contributed by atoms with Crippen molar-refractivity contribution in [1.82, 2.24) is 14.6 Å². The van der Waals surface area contributed by atoms with Crippen LogP contribution in [0.15, 0.2) is 12.3 Å². The highest BCUT2D eigenvalue weighted by Crippen LogP contribution is 2.39. The van der Waals surface area contributed by atoms with Gasteiger partial charge in [-0.05, 0) is 69.4 Å².